The van der Waals surface area contributed by atoms with E-state index in [-0.39, 0.29) is 11.0 Å². The Morgan fingerprint density at radius 3 is 2.57 bits per heavy atom. The summed E-state index contributed by atoms with van der Waals surface area (Å²) >= 11 is 11.6. The first kappa shape index (κ1) is 16.4. The van der Waals surface area contributed by atoms with Gasteiger partial charge in [-0.2, -0.15) is 0 Å². The van der Waals surface area contributed by atoms with Crippen LogP contribution >= 0.6 is 23.2 Å². The Hall–Kier alpha value is -0.990. The van der Waals surface area contributed by atoms with Crippen LogP contribution < -0.4 is 0 Å². The molecule has 3 rings (SSSR count). The van der Waals surface area contributed by atoms with Gasteiger partial charge in [-0.1, -0.05) is 25.4 Å². The van der Waals surface area contributed by atoms with Crippen molar-refractivity contribution in [3.05, 3.63) is 17.8 Å². The van der Waals surface area contributed by atoms with Crippen molar-refractivity contribution in [2.45, 2.75) is 38.4 Å². The number of hydrogen-bond donors (Lipinski definition) is 2. The van der Waals surface area contributed by atoms with Crippen molar-refractivity contribution in [1.29, 1.82) is 0 Å². The zero-order valence-corrected chi connectivity index (χ0v) is 13.0. The van der Waals surface area contributed by atoms with Crippen molar-refractivity contribution in [2.75, 3.05) is 5.88 Å². The molecule has 1 saturated heterocycles. The van der Waals surface area contributed by atoms with Crippen LogP contribution in [0.3, 0.4) is 0 Å². The highest BCUT2D eigenvalue weighted by Gasteiger charge is 2.43. The van der Waals surface area contributed by atoms with Crippen LogP contribution in [0.25, 0.3) is 11.2 Å². The fraction of sp³-hybridized carbons (Fsp3) is 0.583. The highest BCUT2D eigenvalue weighted by atomic mass is 35.5. The maximum Gasteiger partial charge on any atom is 0.167 e. The Labute approximate surface area is 131 Å². The lowest BCUT2D eigenvalue weighted by Crippen LogP contribution is -2.32. The van der Waals surface area contributed by atoms with E-state index >= 15 is 0 Å². The van der Waals surface area contributed by atoms with Gasteiger partial charge >= 0.3 is 0 Å². The van der Waals surface area contributed by atoms with E-state index in [1.807, 2.05) is 13.8 Å². The van der Waals surface area contributed by atoms with E-state index in [4.69, 9.17) is 27.9 Å². The van der Waals surface area contributed by atoms with Crippen molar-refractivity contribution >= 4 is 34.4 Å². The number of ether oxygens (including phenoxy) is 1. The molecule has 1 aliphatic heterocycles. The third kappa shape index (κ3) is 2.84. The van der Waals surface area contributed by atoms with Crippen LogP contribution in [0.2, 0.25) is 5.15 Å². The zero-order valence-electron chi connectivity index (χ0n) is 11.5. The molecule has 3 heterocycles. The highest BCUT2D eigenvalue weighted by Crippen LogP contribution is 2.32. The fourth-order valence-electron chi connectivity index (χ4n) is 2.10. The summed E-state index contributed by atoms with van der Waals surface area (Å²) in [7, 11) is 0. The monoisotopic (exact) mass is 334 g/mol. The topological polar surface area (TPSA) is 93.3 Å². The number of halogens is 2. The van der Waals surface area contributed by atoms with Crippen LogP contribution in [0.4, 0.5) is 0 Å². The van der Waals surface area contributed by atoms with Crippen LogP contribution in [-0.2, 0) is 4.74 Å². The normalized spacial score (nSPS) is 28.5. The molecule has 0 aromatic carbocycles. The molecule has 0 bridgehead atoms. The van der Waals surface area contributed by atoms with Gasteiger partial charge in [0.15, 0.2) is 17.0 Å². The SMILES string of the molecule is CC.O[C@@H]1[C@H](O)[C@@H](CCl)O[C@H]1n1cnc2c(Cl)ncnc21. The predicted molar refractivity (Wildman–Crippen MR) is 78.3 cm³/mol. The van der Waals surface area contributed by atoms with E-state index in [2.05, 4.69) is 15.0 Å². The molecule has 21 heavy (non-hydrogen) atoms. The van der Waals surface area contributed by atoms with Crippen molar-refractivity contribution in [3.63, 3.8) is 0 Å². The van der Waals surface area contributed by atoms with Crippen LogP contribution in [0.15, 0.2) is 12.7 Å². The van der Waals surface area contributed by atoms with Crippen molar-refractivity contribution < 1.29 is 14.9 Å². The molecule has 1 fully saturated rings. The van der Waals surface area contributed by atoms with E-state index in [0.29, 0.717) is 11.2 Å². The number of nitrogens with zero attached hydrogens (tertiary/aromatic N) is 4. The van der Waals surface area contributed by atoms with Crippen LogP contribution in [0.1, 0.15) is 20.1 Å². The molecule has 4 atom stereocenters. The summed E-state index contributed by atoms with van der Waals surface area (Å²) < 4.78 is 7.02. The summed E-state index contributed by atoms with van der Waals surface area (Å²) in [6, 6.07) is 0. The minimum absolute atomic E-state index is 0.0805. The molecule has 116 valence electrons. The van der Waals surface area contributed by atoms with Gasteiger partial charge in [0.1, 0.15) is 30.2 Å². The molecular formula is C12H16Cl2N4O3. The first-order valence-electron chi connectivity index (χ1n) is 6.54. The molecule has 0 spiro atoms. The number of aromatic nitrogens is 4. The lowest BCUT2D eigenvalue weighted by Gasteiger charge is -2.16. The Balaban J connectivity index is 0.000000774. The largest absolute Gasteiger partial charge is 0.387 e. The van der Waals surface area contributed by atoms with E-state index in [0.717, 1.165) is 0 Å². The van der Waals surface area contributed by atoms with Crippen molar-refractivity contribution in [3.8, 4) is 0 Å². The first-order chi connectivity index (χ1) is 10.1. The van der Waals surface area contributed by atoms with Gasteiger partial charge in [-0.25, -0.2) is 15.0 Å². The van der Waals surface area contributed by atoms with Gasteiger partial charge in [0, 0.05) is 0 Å². The van der Waals surface area contributed by atoms with Crippen molar-refractivity contribution in [2.24, 2.45) is 0 Å². The minimum Gasteiger partial charge on any atom is -0.387 e. The van der Waals surface area contributed by atoms with Gasteiger partial charge in [0.25, 0.3) is 0 Å². The van der Waals surface area contributed by atoms with E-state index < -0.39 is 24.5 Å². The molecule has 1 aliphatic rings. The Morgan fingerprint density at radius 2 is 1.95 bits per heavy atom. The number of aliphatic hydroxyl groups excluding tert-OH is 2. The van der Waals surface area contributed by atoms with Crippen molar-refractivity contribution in [1.82, 2.24) is 19.5 Å². The number of alkyl halides is 1. The summed E-state index contributed by atoms with van der Waals surface area (Å²) in [5.74, 6) is 0.0805. The quantitative estimate of drug-likeness (QED) is 0.636. The zero-order chi connectivity index (χ0) is 15.6. The molecule has 0 amide bonds. The molecule has 2 aromatic heterocycles. The summed E-state index contributed by atoms with van der Waals surface area (Å²) in [5.41, 5.74) is 0.829. The Bertz CT molecular complexity index is 609. The first-order valence-corrected chi connectivity index (χ1v) is 7.45. The van der Waals surface area contributed by atoms with Gasteiger partial charge < -0.3 is 14.9 Å². The molecule has 0 aliphatic carbocycles. The fourth-order valence-corrected chi connectivity index (χ4v) is 2.53. The number of imidazole rings is 1. The van der Waals surface area contributed by atoms with E-state index in [9.17, 15) is 10.2 Å². The number of aliphatic hydroxyl groups is 2. The summed E-state index contributed by atoms with van der Waals surface area (Å²) in [4.78, 5) is 11.9. The molecule has 9 heteroatoms. The summed E-state index contributed by atoms with van der Waals surface area (Å²) in [5, 5.41) is 20.0. The smallest absolute Gasteiger partial charge is 0.167 e. The second-order valence-electron chi connectivity index (χ2n) is 4.19. The molecule has 7 nitrogen and oxygen atoms in total. The molecule has 0 saturated carbocycles. The van der Waals surface area contributed by atoms with Crippen LogP contribution in [0, 0.1) is 0 Å². The van der Waals surface area contributed by atoms with Gasteiger partial charge in [0.2, 0.25) is 0 Å². The molecule has 0 radical (unpaired) electrons. The lowest BCUT2D eigenvalue weighted by molar-refractivity contribution is -0.0291. The molecule has 0 unspecified atom stereocenters. The molecule has 2 N–H and O–H groups in total. The average molecular weight is 335 g/mol. The van der Waals surface area contributed by atoms with E-state index in [1.165, 1.54) is 17.2 Å². The van der Waals surface area contributed by atoms with Gasteiger partial charge in [-0.3, -0.25) is 4.57 Å². The minimum atomic E-state index is -1.12. The highest BCUT2D eigenvalue weighted by molar-refractivity contribution is 6.33. The maximum absolute atomic E-state index is 10.0. The van der Waals surface area contributed by atoms with Gasteiger partial charge in [-0.05, 0) is 0 Å². The number of rotatable bonds is 2. The Morgan fingerprint density at radius 1 is 1.24 bits per heavy atom. The van der Waals surface area contributed by atoms with Gasteiger partial charge in [0.05, 0.1) is 12.2 Å². The average Bonchev–Trinajstić information content (AvgIpc) is 3.05. The molecule has 2 aromatic rings. The number of hydrogen-bond acceptors (Lipinski definition) is 6. The third-order valence-electron chi connectivity index (χ3n) is 3.08. The Kier molecular flexibility index (Phi) is 5.34. The van der Waals surface area contributed by atoms with Crippen LogP contribution in [0.5, 0.6) is 0 Å². The standard InChI is InChI=1S/C10H10Cl2N4O3.C2H6/c11-1-4-6(17)7(18)10(19-4)16-3-15-5-8(12)13-2-14-9(5)16;1-2/h2-4,6-7,10,17-18H,1H2;1-2H3/t4-,6-,7-,10-;/m1./s1. The second kappa shape index (κ2) is 6.85. The second-order valence-corrected chi connectivity index (χ2v) is 4.86. The maximum atomic E-state index is 10.0. The summed E-state index contributed by atoms with van der Waals surface area (Å²) in [6.07, 6.45) is -0.902. The lowest BCUT2D eigenvalue weighted by atomic mass is 10.1. The third-order valence-corrected chi connectivity index (χ3v) is 3.66. The van der Waals surface area contributed by atoms with Gasteiger partial charge in [-0.15, -0.1) is 11.6 Å². The number of fused-ring (bicyclic) bond motifs is 1. The molecular weight excluding hydrogens is 319 g/mol. The summed E-state index contributed by atoms with van der Waals surface area (Å²) in [6.45, 7) is 4.00. The van der Waals surface area contributed by atoms with E-state index in [1.54, 1.807) is 0 Å². The van der Waals surface area contributed by atoms with Crippen LogP contribution in [-0.4, -0.2) is 53.9 Å². The predicted octanol–water partition coefficient (Wildman–Crippen LogP) is 1.36.